The molecule has 0 unspecified atom stereocenters. The fourth-order valence-electron chi connectivity index (χ4n) is 5.32. The standard InChI is InChI=1S/C27H31F3N8OS2/c28-27(29,30)20-7-5-6-19(16-20)21-18-40-25(31-21)34-41-26(39)38-14-12-36(13-15-38)23-17-22(35-8-1-2-9-35)32-24(33-23)37-10-3-4-11-37/h5-7,16-18H,1-4,8-15H2,(H,31,34). The molecule has 1 aromatic carbocycles. The first-order valence-corrected chi connectivity index (χ1v) is 15.5. The van der Waals surface area contributed by atoms with E-state index in [0.717, 1.165) is 80.7 Å². The van der Waals surface area contributed by atoms with E-state index in [1.165, 1.54) is 30.2 Å². The zero-order valence-electron chi connectivity index (χ0n) is 22.4. The lowest BCUT2D eigenvalue weighted by atomic mass is 10.1. The average Bonchev–Trinajstić information content (AvgIpc) is 3.79. The van der Waals surface area contributed by atoms with Crippen molar-refractivity contribution in [2.45, 2.75) is 31.9 Å². The Labute approximate surface area is 244 Å². The quantitative estimate of drug-likeness (QED) is 0.350. The van der Waals surface area contributed by atoms with Gasteiger partial charge < -0.3 is 19.6 Å². The lowest BCUT2D eigenvalue weighted by molar-refractivity contribution is -0.137. The van der Waals surface area contributed by atoms with Gasteiger partial charge in [0.2, 0.25) is 5.95 Å². The van der Waals surface area contributed by atoms with Crippen molar-refractivity contribution in [3.8, 4) is 11.3 Å². The second kappa shape index (κ2) is 11.9. The number of hydrogen-bond donors (Lipinski definition) is 1. The van der Waals surface area contributed by atoms with Crippen LogP contribution in [0, 0.1) is 0 Å². The van der Waals surface area contributed by atoms with Crippen molar-refractivity contribution < 1.29 is 18.0 Å². The van der Waals surface area contributed by atoms with Crippen LogP contribution in [0.15, 0.2) is 35.7 Å². The van der Waals surface area contributed by atoms with Crippen molar-refractivity contribution in [3.05, 3.63) is 41.3 Å². The Hall–Kier alpha value is -3.26. The Morgan fingerprint density at radius 3 is 2.12 bits per heavy atom. The monoisotopic (exact) mass is 604 g/mol. The summed E-state index contributed by atoms with van der Waals surface area (Å²) < 4.78 is 42.2. The summed E-state index contributed by atoms with van der Waals surface area (Å²) in [6.45, 7) is 6.45. The van der Waals surface area contributed by atoms with E-state index < -0.39 is 11.7 Å². The third-order valence-corrected chi connectivity index (χ3v) is 9.20. The molecular formula is C27H31F3N8OS2. The van der Waals surface area contributed by atoms with Gasteiger partial charge in [0.15, 0.2) is 5.13 Å². The van der Waals surface area contributed by atoms with E-state index in [1.54, 1.807) is 16.3 Å². The van der Waals surface area contributed by atoms with Crippen molar-refractivity contribution in [3.63, 3.8) is 0 Å². The number of nitrogens with one attached hydrogen (secondary N) is 1. The number of halogens is 3. The maximum Gasteiger partial charge on any atom is 0.416 e. The molecule has 5 heterocycles. The normalized spacial score (nSPS) is 17.9. The molecule has 3 aromatic rings. The van der Waals surface area contributed by atoms with Gasteiger partial charge in [0.1, 0.15) is 11.6 Å². The summed E-state index contributed by atoms with van der Waals surface area (Å²) in [7, 11) is 0. The number of carbonyl (C=O) groups is 1. The van der Waals surface area contributed by atoms with E-state index in [9.17, 15) is 18.0 Å². The number of carbonyl (C=O) groups excluding carboxylic acids is 1. The van der Waals surface area contributed by atoms with Crippen LogP contribution in [0.2, 0.25) is 0 Å². The maximum absolute atomic E-state index is 13.1. The van der Waals surface area contributed by atoms with Gasteiger partial charge >= 0.3 is 11.4 Å². The van der Waals surface area contributed by atoms with E-state index in [-0.39, 0.29) is 5.24 Å². The van der Waals surface area contributed by atoms with E-state index in [4.69, 9.17) is 9.97 Å². The second-order valence-electron chi connectivity index (χ2n) is 10.3. The molecule has 3 saturated heterocycles. The zero-order chi connectivity index (χ0) is 28.4. The third-order valence-electron chi connectivity index (χ3n) is 7.58. The van der Waals surface area contributed by atoms with Crippen LogP contribution in [0.5, 0.6) is 0 Å². The highest BCUT2D eigenvalue weighted by atomic mass is 32.2. The van der Waals surface area contributed by atoms with E-state index >= 15 is 0 Å². The lowest BCUT2D eigenvalue weighted by Gasteiger charge is -2.35. The first-order chi connectivity index (χ1) is 19.8. The first kappa shape index (κ1) is 27.9. The number of thiazole rings is 1. The molecule has 3 aliphatic rings. The molecule has 3 fully saturated rings. The van der Waals surface area contributed by atoms with E-state index in [2.05, 4.69) is 30.5 Å². The number of anilines is 4. The van der Waals surface area contributed by atoms with Crippen LogP contribution in [0.25, 0.3) is 11.3 Å². The van der Waals surface area contributed by atoms with Crippen LogP contribution in [0.1, 0.15) is 31.2 Å². The van der Waals surface area contributed by atoms with Crippen molar-refractivity contribution in [1.29, 1.82) is 0 Å². The van der Waals surface area contributed by atoms with Gasteiger partial charge in [-0.25, -0.2) is 4.98 Å². The Morgan fingerprint density at radius 1 is 0.829 bits per heavy atom. The van der Waals surface area contributed by atoms with Crippen molar-refractivity contribution in [2.24, 2.45) is 0 Å². The van der Waals surface area contributed by atoms with Crippen LogP contribution < -0.4 is 19.4 Å². The molecule has 1 N–H and O–H groups in total. The largest absolute Gasteiger partial charge is 0.416 e. The number of hydrogen-bond acceptors (Lipinski definition) is 10. The van der Waals surface area contributed by atoms with Crippen LogP contribution >= 0.6 is 23.3 Å². The number of rotatable bonds is 6. The van der Waals surface area contributed by atoms with Crippen LogP contribution in [0.4, 0.5) is 40.7 Å². The average molecular weight is 605 g/mol. The van der Waals surface area contributed by atoms with Crippen LogP contribution in [-0.4, -0.2) is 77.4 Å². The Balaban J connectivity index is 1.05. The zero-order valence-corrected chi connectivity index (χ0v) is 24.1. The summed E-state index contributed by atoms with van der Waals surface area (Å²) in [5.74, 6) is 2.69. The lowest BCUT2D eigenvalue weighted by Crippen LogP contribution is -2.48. The van der Waals surface area contributed by atoms with Crippen molar-refractivity contribution in [1.82, 2.24) is 19.9 Å². The molecule has 218 valence electrons. The van der Waals surface area contributed by atoms with Gasteiger partial charge in [-0.05, 0) is 37.8 Å². The van der Waals surface area contributed by atoms with Crippen molar-refractivity contribution in [2.75, 3.05) is 71.8 Å². The molecule has 1 amide bonds. The predicted octanol–water partition coefficient (Wildman–Crippen LogP) is 5.82. The minimum Gasteiger partial charge on any atom is -0.356 e. The van der Waals surface area contributed by atoms with Gasteiger partial charge in [-0.3, -0.25) is 9.52 Å². The van der Waals surface area contributed by atoms with Gasteiger partial charge in [-0.2, -0.15) is 23.1 Å². The molecule has 2 aromatic heterocycles. The molecule has 14 heteroatoms. The summed E-state index contributed by atoms with van der Waals surface area (Å²) in [5, 5.41) is 2.01. The SMILES string of the molecule is O=C(SNc1nc(-c2cccc(C(F)(F)F)c2)cs1)N1CCN(c2cc(N3CCCC3)nc(N3CCCC3)n2)CC1. The number of piperazine rings is 1. The summed E-state index contributed by atoms with van der Waals surface area (Å²) >= 11 is 2.18. The highest BCUT2D eigenvalue weighted by Gasteiger charge is 2.31. The number of aromatic nitrogens is 3. The van der Waals surface area contributed by atoms with Gasteiger partial charge in [-0.1, -0.05) is 12.1 Å². The Kier molecular flexibility index (Phi) is 8.11. The fraction of sp³-hybridized carbons (Fsp3) is 0.481. The van der Waals surface area contributed by atoms with Crippen LogP contribution in [-0.2, 0) is 6.18 Å². The fourth-order valence-corrected chi connectivity index (χ4v) is 6.73. The number of amides is 1. The summed E-state index contributed by atoms with van der Waals surface area (Å²) in [6, 6.07) is 7.16. The number of alkyl halides is 3. The molecule has 0 saturated carbocycles. The summed E-state index contributed by atoms with van der Waals surface area (Å²) in [4.78, 5) is 35.8. The Bertz CT molecular complexity index is 1330. The molecule has 0 spiro atoms. The molecule has 0 radical (unpaired) electrons. The third kappa shape index (κ3) is 6.48. The first-order valence-electron chi connectivity index (χ1n) is 13.8. The smallest absolute Gasteiger partial charge is 0.356 e. The highest BCUT2D eigenvalue weighted by Crippen LogP contribution is 2.34. The molecule has 0 bridgehead atoms. The molecular weight excluding hydrogens is 573 g/mol. The topological polar surface area (TPSA) is 80.7 Å². The molecule has 41 heavy (non-hydrogen) atoms. The van der Waals surface area contributed by atoms with Gasteiger partial charge in [0.05, 0.1) is 11.3 Å². The van der Waals surface area contributed by atoms with Gasteiger partial charge in [0, 0.05) is 81.3 Å². The van der Waals surface area contributed by atoms with Crippen molar-refractivity contribution >= 4 is 51.2 Å². The maximum atomic E-state index is 13.1. The van der Waals surface area contributed by atoms with Gasteiger partial charge in [-0.15, -0.1) is 11.3 Å². The van der Waals surface area contributed by atoms with Crippen LogP contribution in [0.3, 0.4) is 0 Å². The number of benzene rings is 1. The minimum atomic E-state index is -4.42. The molecule has 3 aliphatic heterocycles. The highest BCUT2D eigenvalue weighted by molar-refractivity contribution is 8.14. The van der Waals surface area contributed by atoms with E-state index in [0.29, 0.717) is 42.6 Å². The summed E-state index contributed by atoms with van der Waals surface area (Å²) in [6.07, 6.45) is 0.259. The molecule has 0 aliphatic carbocycles. The molecule has 6 rings (SSSR count). The number of nitrogens with zero attached hydrogens (tertiary/aromatic N) is 7. The van der Waals surface area contributed by atoms with Gasteiger partial charge in [0.25, 0.3) is 0 Å². The molecule has 9 nitrogen and oxygen atoms in total. The minimum absolute atomic E-state index is 0.126. The second-order valence-corrected chi connectivity index (χ2v) is 11.9. The predicted molar refractivity (Wildman–Crippen MR) is 158 cm³/mol. The Morgan fingerprint density at radius 2 is 1.46 bits per heavy atom. The molecule has 0 atom stereocenters. The van der Waals surface area contributed by atoms with E-state index in [1.807, 2.05) is 0 Å². The summed E-state index contributed by atoms with van der Waals surface area (Å²) in [5.41, 5.74) is 0.0847.